The van der Waals surface area contributed by atoms with E-state index in [1.165, 1.54) is 32.1 Å². The minimum Gasteiger partial charge on any atom is -0.389 e. The first-order valence-electron chi connectivity index (χ1n) is 15.0. The number of piperazine rings is 2. The summed E-state index contributed by atoms with van der Waals surface area (Å²) in [6.45, 7) is 12.0. The van der Waals surface area contributed by atoms with Crippen molar-refractivity contribution < 1.29 is 0 Å². The van der Waals surface area contributed by atoms with Gasteiger partial charge in [0.05, 0.1) is 12.2 Å². The number of anilines is 3. The minimum absolute atomic E-state index is 0.398. The Kier molecular flexibility index (Phi) is 12.5. The Morgan fingerprint density at radius 3 is 2.41 bits per heavy atom. The van der Waals surface area contributed by atoms with E-state index >= 15 is 0 Å². The maximum Gasteiger partial charge on any atom is 0.226 e. The van der Waals surface area contributed by atoms with Crippen LogP contribution < -0.4 is 36.4 Å². The van der Waals surface area contributed by atoms with Crippen molar-refractivity contribution in [2.24, 2.45) is 5.11 Å². The molecule has 12 nitrogen and oxygen atoms in total. The first kappa shape index (κ1) is 29.4. The van der Waals surface area contributed by atoms with Gasteiger partial charge in [-0.15, -0.1) is 0 Å². The van der Waals surface area contributed by atoms with Crippen molar-refractivity contribution in [1.82, 2.24) is 36.1 Å². The molecule has 4 rings (SSSR count). The van der Waals surface area contributed by atoms with Crippen molar-refractivity contribution in [3.8, 4) is 0 Å². The average molecular weight is 543 g/mol. The third kappa shape index (κ3) is 10.2. The smallest absolute Gasteiger partial charge is 0.226 e. The molecule has 218 valence electrons. The second-order valence-corrected chi connectivity index (χ2v) is 10.9. The highest BCUT2D eigenvalue weighted by molar-refractivity contribution is 5.55. The molecule has 39 heavy (non-hydrogen) atoms. The number of nitrogens with zero attached hydrogens (tertiary/aromatic N) is 6. The van der Waals surface area contributed by atoms with E-state index in [1.807, 2.05) is 6.20 Å². The van der Waals surface area contributed by atoms with Crippen LogP contribution >= 0.6 is 0 Å². The van der Waals surface area contributed by atoms with Gasteiger partial charge < -0.3 is 41.3 Å². The second kappa shape index (κ2) is 16.5. The quantitative estimate of drug-likeness (QED) is 0.143. The highest BCUT2D eigenvalue weighted by Gasteiger charge is 2.20. The molecule has 0 aromatic carbocycles. The van der Waals surface area contributed by atoms with Gasteiger partial charge in [-0.05, 0) is 32.9 Å². The van der Waals surface area contributed by atoms with Crippen LogP contribution in [-0.2, 0) is 0 Å². The zero-order valence-corrected chi connectivity index (χ0v) is 23.9. The maximum absolute atomic E-state index is 7.62. The normalized spacial score (nSPS) is 19.8. The number of likely N-dealkylation sites (N-methyl/N-ethyl adjacent to an activating group) is 1. The summed E-state index contributed by atoms with van der Waals surface area (Å²) >= 11 is 0. The topological polar surface area (TPSA) is 132 Å². The molecule has 1 aromatic rings. The van der Waals surface area contributed by atoms with Crippen molar-refractivity contribution in [3.05, 3.63) is 18.0 Å². The summed E-state index contributed by atoms with van der Waals surface area (Å²) in [4.78, 5) is 16.7. The molecule has 0 amide bonds. The van der Waals surface area contributed by atoms with E-state index in [0.29, 0.717) is 18.2 Å². The number of rotatable bonds is 15. The Morgan fingerprint density at radius 1 is 0.974 bits per heavy atom. The third-order valence-electron chi connectivity index (χ3n) is 7.82. The molecule has 3 heterocycles. The Labute approximate surface area is 234 Å². The molecule has 6 N–H and O–H groups in total. The van der Waals surface area contributed by atoms with E-state index in [1.54, 1.807) is 0 Å². The van der Waals surface area contributed by atoms with Crippen molar-refractivity contribution >= 4 is 17.6 Å². The molecule has 1 aliphatic carbocycles. The van der Waals surface area contributed by atoms with Crippen LogP contribution in [0.3, 0.4) is 0 Å². The molecule has 3 aliphatic rings. The predicted molar refractivity (Wildman–Crippen MR) is 159 cm³/mol. The Bertz CT molecular complexity index is 874. The number of hydrogen-bond acceptors (Lipinski definition) is 12. The third-order valence-corrected chi connectivity index (χ3v) is 7.82. The molecule has 0 radical (unpaired) electrons. The van der Waals surface area contributed by atoms with Crippen molar-refractivity contribution in [1.29, 1.82) is 5.53 Å². The summed E-state index contributed by atoms with van der Waals surface area (Å²) < 4.78 is 0. The van der Waals surface area contributed by atoms with Gasteiger partial charge >= 0.3 is 0 Å². The summed E-state index contributed by atoms with van der Waals surface area (Å²) in [5.41, 5.74) is 8.24. The lowest BCUT2D eigenvalue weighted by Crippen LogP contribution is -2.45. The van der Waals surface area contributed by atoms with Gasteiger partial charge in [0.15, 0.2) is 0 Å². The van der Waals surface area contributed by atoms with Gasteiger partial charge in [-0.2, -0.15) is 15.1 Å². The van der Waals surface area contributed by atoms with E-state index < -0.39 is 0 Å². The van der Waals surface area contributed by atoms with Crippen LogP contribution in [0, 0.1) is 5.53 Å². The van der Waals surface area contributed by atoms with E-state index in [4.69, 9.17) is 15.5 Å². The fraction of sp³-hybridized carbons (Fsp3) is 0.778. The van der Waals surface area contributed by atoms with Gasteiger partial charge in [-0.25, -0.2) is 5.53 Å². The van der Waals surface area contributed by atoms with Crippen molar-refractivity contribution in [3.63, 3.8) is 0 Å². The van der Waals surface area contributed by atoms with E-state index in [-0.39, 0.29) is 0 Å². The van der Waals surface area contributed by atoms with Gasteiger partial charge in [0, 0.05) is 90.3 Å². The van der Waals surface area contributed by atoms with Crippen LogP contribution in [0.1, 0.15) is 38.5 Å². The monoisotopic (exact) mass is 542 g/mol. The van der Waals surface area contributed by atoms with Gasteiger partial charge in [0.2, 0.25) is 5.95 Å². The summed E-state index contributed by atoms with van der Waals surface area (Å²) in [5.74, 6) is 2.50. The van der Waals surface area contributed by atoms with Crippen LogP contribution in [0.25, 0.3) is 0 Å². The molecule has 0 spiro atoms. The first-order valence-corrected chi connectivity index (χ1v) is 15.0. The molecule has 0 atom stereocenters. The standard InChI is InChI=1S/C27H50N12/c1-37-16-18-39(19-17-37)26-20-25(38-14-12-30-13-15-38)34-27(35-26)33-22-24(36-28)21-31-9-5-8-29-10-11-32-23-6-3-2-4-7-23/h20-21,23,28-32H,2-19,22H2,1H3,(H,33,34,35)/b24-21-,36-28?. The van der Waals surface area contributed by atoms with Gasteiger partial charge in [0.25, 0.3) is 0 Å². The molecule has 12 heteroatoms. The lowest BCUT2D eigenvalue weighted by Gasteiger charge is -2.34. The maximum atomic E-state index is 7.62. The minimum atomic E-state index is 0.398. The molecule has 2 saturated heterocycles. The summed E-state index contributed by atoms with van der Waals surface area (Å²) in [5, 5.41) is 20.9. The fourth-order valence-electron chi connectivity index (χ4n) is 5.35. The van der Waals surface area contributed by atoms with Crippen LogP contribution in [0.2, 0.25) is 0 Å². The summed E-state index contributed by atoms with van der Waals surface area (Å²) in [7, 11) is 2.16. The number of aromatic nitrogens is 2. The second-order valence-electron chi connectivity index (χ2n) is 10.9. The molecule has 0 bridgehead atoms. The SMILES string of the molecule is CN1CCN(c2cc(N3CCNCC3)nc(NC/C(=C/NCCCNCCNC3CCCCC3)N=N)n2)CC1. The van der Waals surface area contributed by atoms with E-state index in [2.05, 4.69) is 59.5 Å². The van der Waals surface area contributed by atoms with Gasteiger partial charge in [-0.3, -0.25) is 0 Å². The highest BCUT2D eigenvalue weighted by Crippen LogP contribution is 2.23. The lowest BCUT2D eigenvalue weighted by molar-refractivity contribution is 0.312. The van der Waals surface area contributed by atoms with Crippen molar-refractivity contribution in [2.45, 2.75) is 44.6 Å². The molecular weight excluding hydrogens is 492 g/mol. The number of nitrogens with one attached hydrogen (secondary N) is 6. The van der Waals surface area contributed by atoms with Gasteiger partial charge in [-0.1, -0.05) is 19.3 Å². The van der Waals surface area contributed by atoms with Crippen LogP contribution in [0.5, 0.6) is 0 Å². The predicted octanol–water partition coefficient (Wildman–Crippen LogP) is 1.41. The summed E-state index contributed by atoms with van der Waals surface area (Å²) in [6.07, 6.45) is 9.66. The van der Waals surface area contributed by atoms with Crippen molar-refractivity contribution in [2.75, 3.05) is 107 Å². The zero-order valence-electron chi connectivity index (χ0n) is 23.9. The molecule has 3 fully saturated rings. The van der Waals surface area contributed by atoms with Crippen LogP contribution in [0.15, 0.2) is 23.1 Å². The van der Waals surface area contributed by atoms with E-state index in [0.717, 1.165) is 103 Å². The molecular formula is C27H50N12. The van der Waals surface area contributed by atoms with E-state index in [9.17, 15) is 0 Å². The van der Waals surface area contributed by atoms with Gasteiger partial charge in [0.1, 0.15) is 11.6 Å². The number of hydrogen-bond donors (Lipinski definition) is 6. The molecule has 1 aromatic heterocycles. The Balaban J connectivity index is 1.20. The Morgan fingerprint density at radius 2 is 1.69 bits per heavy atom. The molecule has 1 saturated carbocycles. The molecule has 0 unspecified atom stereocenters. The van der Waals surface area contributed by atoms with Crippen LogP contribution in [-0.4, -0.2) is 113 Å². The van der Waals surface area contributed by atoms with Crippen LogP contribution in [0.4, 0.5) is 17.6 Å². The zero-order chi connectivity index (χ0) is 27.1. The first-order chi connectivity index (χ1) is 19.2. The highest BCUT2D eigenvalue weighted by atomic mass is 15.3. The largest absolute Gasteiger partial charge is 0.389 e. The molecule has 2 aliphatic heterocycles. The fourth-order valence-corrected chi connectivity index (χ4v) is 5.35. The average Bonchev–Trinajstić information content (AvgIpc) is 2.99. The Hall–Kier alpha value is -2.54. The summed E-state index contributed by atoms with van der Waals surface area (Å²) in [6, 6.07) is 2.84. The lowest BCUT2D eigenvalue weighted by atomic mass is 9.95.